The molecule has 0 radical (unpaired) electrons. The van der Waals surface area contributed by atoms with Crippen LogP contribution in [0.5, 0.6) is 17.5 Å². The normalized spacial score (nSPS) is 10.0. The maximum atomic E-state index is 13.3. The third kappa shape index (κ3) is 2.60. The summed E-state index contributed by atoms with van der Waals surface area (Å²) in [6.45, 7) is 0. The van der Waals surface area contributed by atoms with Gasteiger partial charge in [-0.15, -0.1) is 0 Å². The summed E-state index contributed by atoms with van der Waals surface area (Å²) in [6.07, 6.45) is 0. The molecule has 0 aliphatic carbocycles. The highest BCUT2D eigenvalue weighted by atomic mass is 19.1. The lowest BCUT2D eigenvalue weighted by Gasteiger charge is -2.07. The molecular formula is C11H10FN3O2. The summed E-state index contributed by atoms with van der Waals surface area (Å²) in [5.41, 5.74) is 5.45. The first-order chi connectivity index (χ1) is 8.19. The van der Waals surface area contributed by atoms with Crippen molar-refractivity contribution in [2.45, 2.75) is 0 Å². The molecule has 0 atom stereocenters. The molecule has 2 rings (SSSR count). The van der Waals surface area contributed by atoms with E-state index >= 15 is 0 Å². The highest BCUT2D eigenvalue weighted by molar-refractivity contribution is 5.34. The van der Waals surface area contributed by atoms with Gasteiger partial charge in [-0.25, -0.2) is 4.39 Å². The molecule has 17 heavy (non-hydrogen) atoms. The molecule has 1 aromatic heterocycles. The monoisotopic (exact) mass is 235 g/mol. The highest BCUT2D eigenvalue weighted by Gasteiger charge is 2.07. The van der Waals surface area contributed by atoms with Crippen LogP contribution < -0.4 is 15.2 Å². The van der Waals surface area contributed by atoms with Crippen molar-refractivity contribution in [1.82, 2.24) is 9.97 Å². The predicted octanol–water partition coefficient (Wildman–Crippen LogP) is 2.00. The SMILES string of the molecule is COc1cc(Oc2ccccc2F)nc(N)n1. The Kier molecular flexibility index (Phi) is 3.04. The zero-order chi connectivity index (χ0) is 12.3. The first-order valence-electron chi connectivity index (χ1n) is 4.80. The number of anilines is 1. The molecule has 0 bridgehead atoms. The number of rotatable bonds is 3. The average molecular weight is 235 g/mol. The van der Waals surface area contributed by atoms with Crippen LogP contribution in [-0.2, 0) is 0 Å². The number of hydrogen-bond acceptors (Lipinski definition) is 5. The van der Waals surface area contributed by atoms with E-state index < -0.39 is 5.82 Å². The Morgan fingerprint density at radius 1 is 1.18 bits per heavy atom. The van der Waals surface area contributed by atoms with E-state index in [9.17, 15) is 4.39 Å². The highest BCUT2D eigenvalue weighted by Crippen LogP contribution is 2.24. The van der Waals surface area contributed by atoms with Gasteiger partial charge in [-0.1, -0.05) is 12.1 Å². The van der Waals surface area contributed by atoms with Crippen molar-refractivity contribution < 1.29 is 13.9 Å². The lowest BCUT2D eigenvalue weighted by atomic mass is 10.3. The Balaban J connectivity index is 2.30. The smallest absolute Gasteiger partial charge is 0.228 e. The van der Waals surface area contributed by atoms with Crippen LogP contribution in [0, 0.1) is 5.82 Å². The summed E-state index contributed by atoms with van der Waals surface area (Å²) < 4.78 is 23.5. The van der Waals surface area contributed by atoms with Gasteiger partial charge in [0.05, 0.1) is 13.2 Å². The minimum atomic E-state index is -0.483. The van der Waals surface area contributed by atoms with Gasteiger partial charge in [0, 0.05) is 0 Å². The molecule has 0 spiro atoms. The number of nitrogens with zero attached hydrogens (tertiary/aromatic N) is 2. The van der Waals surface area contributed by atoms with Gasteiger partial charge in [0.2, 0.25) is 17.7 Å². The van der Waals surface area contributed by atoms with Crippen LogP contribution in [0.4, 0.5) is 10.3 Å². The Morgan fingerprint density at radius 2 is 1.88 bits per heavy atom. The molecule has 0 saturated heterocycles. The lowest BCUT2D eigenvalue weighted by Crippen LogP contribution is -2.00. The standard InChI is InChI=1S/C11H10FN3O2/c1-16-9-6-10(15-11(13)14-9)17-8-5-3-2-4-7(8)12/h2-6H,1H3,(H2,13,14,15). The van der Waals surface area contributed by atoms with Crippen LogP contribution in [-0.4, -0.2) is 17.1 Å². The van der Waals surface area contributed by atoms with Crippen LogP contribution in [0.25, 0.3) is 0 Å². The zero-order valence-electron chi connectivity index (χ0n) is 9.05. The number of halogens is 1. The summed E-state index contributed by atoms with van der Waals surface area (Å²) in [6, 6.07) is 7.41. The second-order valence-corrected chi connectivity index (χ2v) is 3.14. The number of methoxy groups -OCH3 is 1. The van der Waals surface area contributed by atoms with Gasteiger partial charge in [-0.05, 0) is 12.1 Å². The van der Waals surface area contributed by atoms with E-state index in [1.165, 1.54) is 25.3 Å². The van der Waals surface area contributed by atoms with E-state index in [4.69, 9.17) is 15.2 Å². The fraction of sp³-hybridized carbons (Fsp3) is 0.0909. The molecule has 6 heteroatoms. The second kappa shape index (κ2) is 4.65. The molecule has 2 N–H and O–H groups in total. The lowest BCUT2D eigenvalue weighted by molar-refractivity contribution is 0.385. The molecule has 5 nitrogen and oxygen atoms in total. The summed E-state index contributed by atoms with van der Waals surface area (Å²) in [5, 5.41) is 0. The third-order valence-electron chi connectivity index (χ3n) is 1.96. The molecule has 2 aromatic rings. The molecule has 0 amide bonds. The van der Waals surface area contributed by atoms with Gasteiger partial charge in [-0.3, -0.25) is 0 Å². The van der Waals surface area contributed by atoms with Crippen molar-refractivity contribution >= 4 is 5.95 Å². The minimum absolute atomic E-state index is 0.00399. The van der Waals surface area contributed by atoms with E-state index in [0.717, 1.165) is 0 Å². The number of para-hydroxylation sites is 1. The maximum absolute atomic E-state index is 13.3. The van der Waals surface area contributed by atoms with E-state index in [1.807, 2.05) is 0 Å². The molecule has 0 aliphatic heterocycles. The van der Waals surface area contributed by atoms with Gasteiger partial charge in [0.15, 0.2) is 11.6 Å². The molecule has 0 unspecified atom stereocenters. The number of aromatic nitrogens is 2. The molecule has 0 fully saturated rings. The second-order valence-electron chi connectivity index (χ2n) is 3.14. The van der Waals surface area contributed by atoms with Crippen molar-refractivity contribution in [2.75, 3.05) is 12.8 Å². The number of hydrogen-bond donors (Lipinski definition) is 1. The molecular weight excluding hydrogens is 225 g/mol. The summed E-state index contributed by atoms with van der Waals surface area (Å²) in [5.74, 6) is -0.0460. The Hall–Kier alpha value is -2.37. The summed E-state index contributed by atoms with van der Waals surface area (Å²) >= 11 is 0. The number of benzene rings is 1. The van der Waals surface area contributed by atoms with Gasteiger partial charge in [0.25, 0.3) is 0 Å². The fourth-order valence-electron chi connectivity index (χ4n) is 1.22. The van der Waals surface area contributed by atoms with Crippen molar-refractivity contribution in [2.24, 2.45) is 0 Å². The largest absolute Gasteiger partial charge is 0.481 e. The number of ether oxygens (including phenoxy) is 2. The quantitative estimate of drug-likeness (QED) is 0.881. The topological polar surface area (TPSA) is 70.3 Å². The molecule has 88 valence electrons. The first kappa shape index (κ1) is 11.1. The summed E-state index contributed by atoms with van der Waals surface area (Å²) in [4.78, 5) is 7.60. The van der Waals surface area contributed by atoms with Crippen molar-refractivity contribution in [3.8, 4) is 17.5 Å². The Morgan fingerprint density at radius 3 is 2.59 bits per heavy atom. The van der Waals surface area contributed by atoms with E-state index in [2.05, 4.69) is 9.97 Å². The Bertz CT molecular complexity index is 534. The minimum Gasteiger partial charge on any atom is -0.481 e. The fourth-order valence-corrected chi connectivity index (χ4v) is 1.22. The molecule has 1 heterocycles. The van der Waals surface area contributed by atoms with Crippen molar-refractivity contribution in [3.63, 3.8) is 0 Å². The van der Waals surface area contributed by atoms with Crippen LogP contribution in [0.1, 0.15) is 0 Å². The summed E-state index contributed by atoms with van der Waals surface area (Å²) in [7, 11) is 1.44. The van der Waals surface area contributed by atoms with Crippen LogP contribution in [0.15, 0.2) is 30.3 Å². The maximum Gasteiger partial charge on any atom is 0.228 e. The van der Waals surface area contributed by atoms with E-state index in [1.54, 1.807) is 12.1 Å². The van der Waals surface area contributed by atoms with Gasteiger partial charge in [-0.2, -0.15) is 9.97 Å². The van der Waals surface area contributed by atoms with Crippen LogP contribution in [0.3, 0.4) is 0 Å². The molecule has 0 saturated carbocycles. The van der Waals surface area contributed by atoms with Crippen LogP contribution >= 0.6 is 0 Å². The van der Waals surface area contributed by atoms with Gasteiger partial charge < -0.3 is 15.2 Å². The van der Waals surface area contributed by atoms with Crippen molar-refractivity contribution in [1.29, 1.82) is 0 Å². The molecule has 1 aromatic carbocycles. The van der Waals surface area contributed by atoms with Crippen molar-refractivity contribution in [3.05, 3.63) is 36.1 Å². The third-order valence-corrected chi connectivity index (χ3v) is 1.96. The molecule has 0 aliphatic rings. The van der Waals surface area contributed by atoms with E-state index in [0.29, 0.717) is 0 Å². The predicted molar refractivity (Wildman–Crippen MR) is 59.5 cm³/mol. The number of nitrogen functional groups attached to an aromatic ring is 1. The first-order valence-corrected chi connectivity index (χ1v) is 4.80. The zero-order valence-corrected chi connectivity index (χ0v) is 9.05. The average Bonchev–Trinajstić information content (AvgIpc) is 2.31. The van der Waals surface area contributed by atoms with Gasteiger partial charge >= 0.3 is 0 Å². The van der Waals surface area contributed by atoms with Crippen LogP contribution in [0.2, 0.25) is 0 Å². The van der Waals surface area contributed by atoms with Gasteiger partial charge in [0.1, 0.15) is 0 Å². The Labute approximate surface area is 97.0 Å². The van der Waals surface area contributed by atoms with E-state index in [-0.39, 0.29) is 23.5 Å². The number of nitrogens with two attached hydrogens (primary N) is 1.